The van der Waals surface area contributed by atoms with E-state index in [2.05, 4.69) is 5.32 Å². The van der Waals surface area contributed by atoms with Crippen molar-refractivity contribution in [3.8, 4) is 0 Å². The zero-order valence-corrected chi connectivity index (χ0v) is 10.6. The molecule has 5 heteroatoms. The predicted molar refractivity (Wildman–Crippen MR) is 67.0 cm³/mol. The molecule has 0 saturated heterocycles. The van der Waals surface area contributed by atoms with E-state index in [0.717, 1.165) is 31.7 Å². The van der Waals surface area contributed by atoms with Crippen LogP contribution in [0, 0.1) is 0 Å². The van der Waals surface area contributed by atoms with E-state index in [1.165, 1.54) is 12.1 Å². The average molecular weight is 278 g/mol. The van der Waals surface area contributed by atoms with Crippen LogP contribution in [0.4, 0.5) is 18.9 Å². The molecule has 2 unspecified atom stereocenters. The molecular weight excluding hydrogens is 263 g/mol. The molecule has 2 rings (SSSR count). The maximum Gasteiger partial charge on any atom is 0.418 e. The first-order valence-corrected chi connectivity index (χ1v) is 6.49. The zero-order chi connectivity index (χ0) is 13.2. The summed E-state index contributed by atoms with van der Waals surface area (Å²) >= 11 is 6.16. The number of anilines is 1. The summed E-state index contributed by atoms with van der Waals surface area (Å²) in [5.74, 6) is 0. The molecule has 1 saturated carbocycles. The number of hydrogen-bond donors (Lipinski definition) is 1. The van der Waals surface area contributed by atoms with Crippen LogP contribution in [0.25, 0.3) is 0 Å². The summed E-state index contributed by atoms with van der Waals surface area (Å²) < 4.78 is 38.5. The summed E-state index contributed by atoms with van der Waals surface area (Å²) in [7, 11) is 0. The number of para-hydroxylation sites is 1. The molecule has 2 atom stereocenters. The molecule has 1 aliphatic carbocycles. The van der Waals surface area contributed by atoms with Crippen LogP contribution >= 0.6 is 11.6 Å². The van der Waals surface area contributed by atoms with Crippen molar-refractivity contribution in [1.29, 1.82) is 0 Å². The van der Waals surface area contributed by atoms with Crippen molar-refractivity contribution in [2.45, 2.75) is 43.3 Å². The minimum atomic E-state index is -4.33. The number of hydrogen-bond acceptors (Lipinski definition) is 1. The van der Waals surface area contributed by atoms with Crippen molar-refractivity contribution in [3.05, 3.63) is 29.8 Å². The van der Waals surface area contributed by atoms with Crippen LogP contribution in [0.2, 0.25) is 0 Å². The fourth-order valence-electron chi connectivity index (χ4n) is 2.30. The van der Waals surface area contributed by atoms with Gasteiger partial charge in [-0.15, -0.1) is 11.6 Å². The van der Waals surface area contributed by atoms with Crippen molar-refractivity contribution in [1.82, 2.24) is 0 Å². The number of halogens is 4. The van der Waals surface area contributed by atoms with E-state index in [4.69, 9.17) is 11.6 Å². The number of benzene rings is 1. The second kappa shape index (κ2) is 5.39. The second-order valence-corrected chi connectivity index (χ2v) is 5.16. The van der Waals surface area contributed by atoms with E-state index in [9.17, 15) is 13.2 Å². The minimum absolute atomic E-state index is 0.0797. The quantitative estimate of drug-likeness (QED) is 0.775. The summed E-state index contributed by atoms with van der Waals surface area (Å²) in [4.78, 5) is 0. The summed E-state index contributed by atoms with van der Waals surface area (Å²) in [6, 6.07) is 5.47. The van der Waals surface area contributed by atoms with Gasteiger partial charge >= 0.3 is 6.18 Å². The van der Waals surface area contributed by atoms with Gasteiger partial charge in [0, 0.05) is 11.7 Å². The highest BCUT2D eigenvalue weighted by atomic mass is 35.5. The lowest BCUT2D eigenvalue weighted by Gasteiger charge is -2.29. The third kappa shape index (κ3) is 3.10. The first-order valence-electron chi connectivity index (χ1n) is 6.05. The topological polar surface area (TPSA) is 12.0 Å². The van der Waals surface area contributed by atoms with Crippen LogP contribution in [0.1, 0.15) is 31.2 Å². The zero-order valence-electron chi connectivity index (χ0n) is 9.80. The lowest BCUT2D eigenvalue weighted by Crippen LogP contribution is -2.33. The highest BCUT2D eigenvalue weighted by Crippen LogP contribution is 2.36. The van der Waals surface area contributed by atoms with Crippen LogP contribution in [-0.2, 0) is 6.18 Å². The first kappa shape index (κ1) is 13.5. The molecule has 0 radical (unpaired) electrons. The molecule has 1 aliphatic rings. The standard InChI is InChI=1S/C13H15ClF3N/c14-10-6-2-4-8-12(10)18-11-7-3-1-5-9(11)13(15,16)17/h1,3,5,7,10,12,18H,2,4,6,8H2. The van der Waals surface area contributed by atoms with Gasteiger partial charge in [-0.1, -0.05) is 25.0 Å². The molecule has 1 N–H and O–H groups in total. The van der Waals surface area contributed by atoms with Crippen LogP contribution in [0.15, 0.2) is 24.3 Å². The maximum atomic E-state index is 12.8. The van der Waals surface area contributed by atoms with Gasteiger partial charge in [0.15, 0.2) is 0 Å². The average Bonchev–Trinajstić information content (AvgIpc) is 2.31. The Hall–Kier alpha value is -0.900. The first-order chi connectivity index (χ1) is 8.48. The molecule has 0 amide bonds. The van der Waals surface area contributed by atoms with Crippen LogP contribution in [0.3, 0.4) is 0 Å². The van der Waals surface area contributed by atoms with Gasteiger partial charge < -0.3 is 5.32 Å². The third-order valence-electron chi connectivity index (χ3n) is 3.25. The number of rotatable bonds is 2. The fraction of sp³-hybridized carbons (Fsp3) is 0.538. The monoisotopic (exact) mass is 277 g/mol. The van der Waals surface area contributed by atoms with Gasteiger partial charge in [0.05, 0.1) is 10.9 Å². The van der Waals surface area contributed by atoms with Gasteiger partial charge in [0.1, 0.15) is 0 Å². The molecule has 0 aliphatic heterocycles. The van der Waals surface area contributed by atoms with Gasteiger partial charge in [0.2, 0.25) is 0 Å². The van der Waals surface area contributed by atoms with Crippen LogP contribution in [-0.4, -0.2) is 11.4 Å². The van der Waals surface area contributed by atoms with E-state index in [1.807, 2.05) is 0 Å². The molecule has 100 valence electrons. The molecule has 1 aromatic rings. The lowest BCUT2D eigenvalue weighted by atomic mass is 9.94. The van der Waals surface area contributed by atoms with E-state index in [0.29, 0.717) is 0 Å². The molecule has 0 aromatic heterocycles. The number of nitrogens with one attached hydrogen (secondary N) is 1. The van der Waals surface area contributed by atoms with E-state index >= 15 is 0 Å². The largest absolute Gasteiger partial charge is 0.418 e. The summed E-state index contributed by atoms with van der Waals surface area (Å²) in [5, 5.41) is 2.86. The Morgan fingerprint density at radius 2 is 1.78 bits per heavy atom. The normalized spacial score (nSPS) is 24.9. The Balaban J connectivity index is 2.18. The Kier molecular flexibility index (Phi) is 4.05. The van der Waals surface area contributed by atoms with Gasteiger partial charge in [-0.2, -0.15) is 13.2 Å². The summed E-state index contributed by atoms with van der Waals surface area (Å²) in [6.45, 7) is 0. The van der Waals surface area contributed by atoms with Gasteiger partial charge in [-0.25, -0.2) is 0 Å². The summed E-state index contributed by atoms with van der Waals surface area (Å²) in [6.07, 6.45) is -0.601. The molecular formula is C13H15ClF3N. The highest BCUT2D eigenvalue weighted by Gasteiger charge is 2.34. The van der Waals surface area contributed by atoms with Crippen molar-refractivity contribution in [3.63, 3.8) is 0 Å². The molecule has 0 spiro atoms. The van der Waals surface area contributed by atoms with Gasteiger partial charge in [-0.3, -0.25) is 0 Å². The molecule has 1 nitrogen and oxygen atoms in total. The summed E-state index contributed by atoms with van der Waals surface area (Å²) in [5.41, 5.74) is -0.498. The van der Waals surface area contributed by atoms with E-state index in [-0.39, 0.29) is 17.1 Å². The number of alkyl halides is 4. The third-order valence-corrected chi connectivity index (χ3v) is 3.78. The fourth-order valence-corrected chi connectivity index (χ4v) is 2.65. The van der Waals surface area contributed by atoms with E-state index < -0.39 is 11.7 Å². The van der Waals surface area contributed by atoms with Gasteiger partial charge in [0.25, 0.3) is 0 Å². The Bertz CT molecular complexity index is 405. The molecule has 0 bridgehead atoms. The van der Waals surface area contributed by atoms with Crippen molar-refractivity contribution in [2.75, 3.05) is 5.32 Å². The Labute approximate surface area is 109 Å². The minimum Gasteiger partial charge on any atom is -0.380 e. The SMILES string of the molecule is FC(F)(F)c1ccccc1NC1CCCCC1Cl. The predicted octanol–water partition coefficient (Wildman–Crippen LogP) is 4.67. The Morgan fingerprint density at radius 3 is 2.44 bits per heavy atom. The molecule has 1 fully saturated rings. The van der Waals surface area contributed by atoms with Crippen molar-refractivity contribution < 1.29 is 13.2 Å². The molecule has 1 aromatic carbocycles. The smallest absolute Gasteiger partial charge is 0.380 e. The molecule has 18 heavy (non-hydrogen) atoms. The lowest BCUT2D eigenvalue weighted by molar-refractivity contribution is -0.137. The second-order valence-electron chi connectivity index (χ2n) is 4.59. The highest BCUT2D eigenvalue weighted by molar-refractivity contribution is 6.21. The van der Waals surface area contributed by atoms with Crippen LogP contribution in [0.5, 0.6) is 0 Å². The Morgan fingerprint density at radius 1 is 1.11 bits per heavy atom. The van der Waals surface area contributed by atoms with E-state index in [1.54, 1.807) is 6.07 Å². The molecule has 0 heterocycles. The van der Waals surface area contributed by atoms with Crippen LogP contribution < -0.4 is 5.32 Å². The maximum absolute atomic E-state index is 12.8. The van der Waals surface area contributed by atoms with Crippen molar-refractivity contribution >= 4 is 17.3 Å². The van der Waals surface area contributed by atoms with Crippen molar-refractivity contribution in [2.24, 2.45) is 0 Å². The van der Waals surface area contributed by atoms with Gasteiger partial charge in [-0.05, 0) is 25.0 Å².